The van der Waals surface area contributed by atoms with Crippen LogP contribution in [0.1, 0.15) is 0 Å². The van der Waals surface area contributed by atoms with Crippen LogP contribution in [0.3, 0.4) is 0 Å². The summed E-state index contributed by atoms with van der Waals surface area (Å²) < 4.78 is 0. The van der Waals surface area contributed by atoms with E-state index in [0.29, 0.717) is 0 Å². The van der Waals surface area contributed by atoms with Crippen LogP contribution < -0.4 is 77.7 Å². The van der Waals surface area contributed by atoms with Gasteiger partial charge in [0.1, 0.15) is 0 Å². The molecule has 0 unspecified atom stereocenters. The minimum Gasteiger partial charge on any atom is -1.00 e. The molecule has 0 bridgehead atoms. The van der Waals surface area contributed by atoms with Gasteiger partial charge in [0.25, 0.3) is 0 Å². The van der Waals surface area contributed by atoms with E-state index >= 15 is 0 Å². The van der Waals surface area contributed by atoms with E-state index in [1.807, 2.05) is 0 Å². The molecule has 0 saturated carbocycles. The molecule has 2 nitrogen and oxygen atoms in total. The Morgan fingerprint density at radius 1 is 0.800 bits per heavy atom. The summed E-state index contributed by atoms with van der Waals surface area (Å²) in [6, 6.07) is 0. The van der Waals surface area contributed by atoms with E-state index < -0.39 is 0 Å². The van der Waals surface area contributed by atoms with E-state index in [4.69, 9.17) is 0 Å². The summed E-state index contributed by atoms with van der Waals surface area (Å²) in [6.45, 7) is 0. The first-order valence-electron chi connectivity index (χ1n) is 0. The van der Waals surface area contributed by atoms with E-state index in [9.17, 15) is 0 Å². The van der Waals surface area contributed by atoms with E-state index in [0.717, 1.165) is 0 Å². The molecule has 4 N–H and O–H groups in total. The molecule has 5 heavy (non-hydrogen) atoms. The van der Waals surface area contributed by atoms with Crippen molar-refractivity contribution in [2.45, 2.75) is 0 Å². The Morgan fingerprint density at radius 3 is 0.800 bits per heavy atom. The van der Waals surface area contributed by atoms with E-state index in [2.05, 4.69) is 0 Å². The quantitative estimate of drug-likeness (QED) is 0.319. The topological polar surface area (TPSA) is 65.0 Å². The van der Waals surface area contributed by atoms with Crippen molar-refractivity contribution in [2.75, 3.05) is 0 Å². The molecule has 0 aliphatic carbocycles. The van der Waals surface area contributed by atoms with Crippen molar-refractivity contribution in [3.8, 4) is 0 Å². The van der Waals surface area contributed by atoms with Crippen LogP contribution in [-0.2, 0) is 0 Å². The second-order valence-electron chi connectivity index (χ2n) is 0. The van der Waals surface area contributed by atoms with Crippen molar-refractivity contribution in [3.05, 3.63) is 0 Å². The second-order valence-corrected chi connectivity index (χ2v) is 0. The summed E-state index contributed by atoms with van der Waals surface area (Å²) in [5.41, 5.74) is 0. The average Bonchev–Trinajstić information content (AvgIpc) is 0. The van der Waals surface area contributed by atoms with Gasteiger partial charge in [-0.2, -0.15) is 0 Å². The van der Waals surface area contributed by atoms with Crippen LogP contribution in [0.5, 0.6) is 0 Å². The third-order valence-corrected chi connectivity index (χ3v) is 0. The van der Waals surface area contributed by atoms with Gasteiger partial charge in [-0.25, -0.2) is 0 Å². The summed E-state index contributed by atoms with van der Waals surface area (Å²) in [7, 11) is 0. The summed E-state index contributed by atoms with van der Waals surface area (Å²) in [4.78, 5) is 0. The van der Waals surface area contributed by atoms with Gasteiger partial charge in [0.05, 0.1) is 0 Å². The molecule has 0 aliphatic rings. The van der Waals surface area contributed by atoms with Gasteiger partial charge in [0.15, 0.2) is 0 Å². The summed E-state index contributed by atoms with van der Waals surface area (Å²) in [6.07, 6.45) is 0. The predicted octanol–water partition coefficient (Wildman–Crippen LogP) is -9.00. The zero-order valence-corrected chi connectivity index (χ0v) is 8.29. The molecule has 0 fully saturated rings. The third kappa shape index (κ3) is 22.5. The molecular weight excluding hydrogens is 111 g/mol. The van der Waals surface area contributed by atoms with Gasteiger partial charge in [-0.05, 0) is 0 Å². The molecule has 5 heteroatoms. The SMILES string of the molecule is N.[Cl-].[Na+].[Na+].[OH-]. The van der Waals surface area contributed by atoms with Gasteiger partial charge < -0.3 is 24.0 Å². The van der Waals surface area contributed by atoms with Crippen molar-refractivity contribution in [2.24, 2.45) is 0 Å². The molecule has 0 radical (unpaired) electrons. The largest absolute Gasteiger partial charge is 1.00 e. The monoisotopic (exact) mass is 115 g/mol. The molecule has 0 spiro atoms. The van der Waals surface area contributed by atoms with E-state index in [1.54, 1.807) is 0 Å². The number of hydrogen-bond donors (Lipinski definition) is 1. The second kappa shape index (κ2) is 34.5. The van der Waals surface area contributed by atoms with Crippen molar-refractivity contribution in [3.63, 3.8) is 0 Å². The van der Waals surface area contributed by atoms with E-state index in [1.165, 1.54) is 0 Å². The Bertz CT molecular complexity index is 9.61. The van der Waals surface area contributed by atoms with Gasteiger partial charge in [-0.3, -0.25) is 0 Å². The zero-order chi connectivity index (χ0) is 0. The molecule has 0 aliphatic heterocycles. The summed E-state index contributed by atoms with van der Waals surface area (Å²) in [5.74, 6) is 0. The summed E-state index contributed by atoms with van der Waals surface area (Å²) in [5, 5.41) is 0. The Kier molecular flexibility index (Phi) is 393. The van der Waals surface area contributed by atoms with Gasteiger partial charge >= 0.3 is 59.1 Å². The van der Waals surface area contributed by atoms with Gasteiger partial charge in [-0.1, -0.05) is 0 Å². The fraction of sp³-hybridized carbons (Fsp3) is 0. The standard InChI is InChI=1S/ClH.H3N.2Na.H2O/h1H;1H3;;;1H2/q;;2*+1;/p-2. The molecule has 0 rings (SSSR count). The fourth-order valence-electron chi connectivity index (χ4n) is 0. The summed E-state index contributed by atoms with van der Waals surface area (Å²) >= 11 is 0. The molecule has 0 aromatic heterocycles. The maximum absolute atomic E-state index is 0. The molecule has 0 saturated heterocycles. The third-order valence-electron chi connectivity index (χ3n) is 0. The number of hydrogen-bond acceptors (Lipinski definition) is 2. The molecule has 0 aromatic carbocycles. The Labute approximate surface area is 82.0 Å². The Balaban J connectivity index is 0. The Morgan fingerprint density at radius 2 is 0.800 bits per heavy atom. The van der Waals surface area contributed by atoms with Crippen LogP contribution in [0.15, 0.2) is 0 Å². The van der Waals surface area contributed by atoms with Crippen molar-refractivity contribution < 1.29 is 77.0 Å². The fourth-order valence-corrected chi connectivity index (χ4v) is 0. The van der Waals surface area contributed by atoms with Crippen LogP contribution >= 0.6 is 0 Å². The smallest absolute Gasteiger partial charge is 1.00 e. The predicted molar refractivity (Wildman–Crippen MR) is 6.96 cm³/mol. The molecular formula is H4ClNNa2O. The Hall–Kier alpha value is 2.21. The normalized spacial score (nSPS) is 0. The van der Waals surface area contributed by atoms with Gasteiger partial charge in [0.2, 0.25) is 0 Å². The van der Waals surface area contributed by atoms with Crippen LogP contribution in [0.4, 0.5) is 0 Å². The van der Waals surface area contributed by atoms with Gasteiger partial charge in [0, 0.05) is 0 Å². The maximum atomic E-state index is 0. The first-order valence-corrected chi connectivity index (χ1v) is 0. The van der Waals surface area contributed by atoms with Crippen molar-refractivity contribution in [1.29, 1.82) is 0 Å². The zero-order valence-electron chi connectivity index (χ0n) is 3.53. The van der Waals surface area contributed by atoms with Crippen molar-refractivity contribution >= 4 is 0 Å². The average molecular weight is 115 g/mol. The van der Waals surface area contributed by atoms with Crippen LogP contribution in [0.2, 0.25) is 0 Å². The molecule has 0 amide bonds. The number of rotatable bonds is 0. The first-order chi connectivity index (χ1) is 0. The van der Waals surface area contributed by atoms with Crippen LogP contribution in [0.25, 0.3) is 0 Å². The van der Waals surface area contributed by atoms with Crippen LogP contribution in [0, 0.1) is 0 Å². The van der Waals surface area contributed by atoms with E-state index in [-0.39, 0.29) is 83.1 Å². The number of halogens is 1. The van der Waals surface area contributed by atoms with Crippen LogP contribution in [-0.4, -0.2) is 5.48 Å². The maximum Gasteiger partial charge on any atom is 1.00 e. The molecule has 24 valence electrons. The minimum absolute atomic E-state index is 0. The first kappa shape index (κ1) is 56.9. The van der Waals surface area contributed by atoms with Crippen molar-refractivity contribution in [1.82, 2.24) is 6.15 Å². The minimum atomic E-state index is 0. The molecule has 0 aromatic rings. The van der Waals surface area contributed by atoms with Gasteiger partial charge in [-0.15, -0.1) is 0 Å². The molecule has 0 atom stereocenters. The molecule has 0 heterocycles.